The number of nitrogens with zero attached hydrogens (tertiary/aromatic N) is 2. The molecular weight excluding hydrogens is 328 g/mol. The summed E-state index contributed by atoms with van der Waals surface area (Å²) in [5.74, 6) is 0.214. The number of pyridine rings is 1. The third kappa shape index (κ3) is 5.37. The van der Waals surface area contributed by atoms with Crippen LogP contribution in [-0.2, 0) is 4.79 Å². The Hall–Kier alpha value is -1.82. The summed E-state index contributed by atoms with van der Waals surface area (Å²) in [5, 5.41) is 6.08. The molecule has 2 N–H and O–H groups in total. The molecule has 6 nitrogen and oxygen atoms in total. The first-order valence-electron chi connectivity index (χ1n) is 8.26. The van der Waals surface area contributed by atoms with Crippen molar-refractivity contribution in [3.63, 3.8) is 0 Å². The van der Waals surface area contributed by atoms with E-state index in [1.54, 1.807) is 6.07 Å². The van der Waals surface area contributed by atoms with Crippen molar-refractivity contribution < 1.29 is 9.59 Å². The van der Waals surface area contributed by atoms with Crippen molar-refractivity contribution in [3.8, 4) is 0 Å². The Morgan fingerprint density at radius 1 is 1.25 bits per heavy atom. The molecule has 1 aromatic rings. The molecule has 2 heterocycles. The van der Waals surface area contributed by atoms with Gasteiger partial charge in [-0.3, -0.25) is 9.59 Å². The molecule has 0 spiro atoms. The molecular formula is C17H25ClN4O2. The predicted molar refractivity (Wildman–Crippen MR) is 95.4 cm³/mol. The van der Waals surface area contributed by atoms with Crippen LogP contribution < -0.4 is 10.6 Å². The van der Waals surface area contributed by atoms with Crippen LogP contribution in [0.3, 0.4) is 0 Å². The van der Waals surface area contributed by atoms with Crippen LogP contribution in [0.15, 0.2) is 12.3 Å². The number of carbonyl (C=O) groups is 2. The summed E-state index contributed by atoms with van der Waals surface area (Å²) in [6.07, 6.45) is 4.75. The van der Waals surface area contributed by atoms with Crippen LogP contribution in [-0.4, -0.2) is 46.9 Å². The molecule has 0 saturated carbocycles. The van der Waals surface area contributed by atoms with Crippen molar-refractivity contribution >= 4 is 29.2 Å². The SMILES string of the molecule is CC(C)(C)NC(=O)CNc1ncc(C(=O)N2CCCCC2)cc1Cl. The lowest BCUT2D eigenvalue weighted by atomic mass is 10.1. The second-order valence-corrected chi connectivity index (χ2v) is 7.47. The topological polar surface area (TPSA) is 74.3 Å². The Kier molecular flexibility index (Phi) is 6.04. The van der Waals surface area contributed by atoms with Crippen molar-refractivity contribution in [1.82, 2.24) is 15.2 Å². The maximum atomic E-state index is 12.4. The van der Waals surface area contributed by atoms with Crippen LogP contribution in [0, 0.1) is 0 Å². The predicted octanol–water partition coefficient (Wildman–Crippen LogP) is 2.69. The fourth-order valence-electron chi connectivity index (χ4n) is 2.59. The fraction of sp³-hybridized carbons (Fsp3) is 0.588. The molecule has 0 aromatic carbocycles. The number of hydrogen-bond donors (Lipinski definition) is 2. The minimum absolute atomic E-state index is 0.0406. The summed E-state index contributed by atoms with van der Waals surface area (Å²) in [6, 6.07) is 1.61. The maximum Gasteiger partial charge on any atom is 0.255 e. The first-order chi connectivity index (χ1) is 11.3. The minimum Gasteiger partial charge on any atom is -0.360 e. The zero-order valence-corrected chi connectivity index (χ0v) is 15.2. The van der Waals surface area contributed by atoms with E-state index in [9.17, 15) is 9.59 Å². The number of piperidine rings is 1. The number of amides is 2. The number of nitrogens with one attached hydrogen (secondary N) is 2. The van der Waals surface area contributed by atoms with Gasteiger partial charge < -0.3 is 15.5 Å². The van der Waals surface area contributed by atoms with E-state index in [-0.39, 0.29) is 23.9 Å². The smallest absolute Gasteiger partial charge is 0.255 e. The molecule has 1 aliphatic rings. The summed E-state index contributed by atoms with van der Waals surface area (Å²) in [5.41, 5.74) is 0.187. The number of carbonyl (C=O) groups excluding carboxylic acids is 2. The normalized spacial score (nSPS) is 15.1. The molecule has 2 rings (SSSR count). The van der Waals surface area contributed by atoms with Crippen molar-refractivity contribution in [1.29, 1.82) is 0 Å². The first kappa shape index (κ1) is 18.5. The van der Waals surface area contributed by atoms with E-state index in [1.165, 1.54) is 12.6 Å². The van der Waals surface area contributed by atoms with Gasteiger partial charge in [0.1, 0.15) is 5.82 Å². The highest BCUT2D eigenvalue weighted by molar-refractivity contribution is 6.33. The lowest BCUT2D eigenvalue weighted by Crippen LogP contribution is -2.43. The van der Waals surface area contributed by atoms with Crippen molar-refractivity contribution in [2.45, 2.75) is 45.6 Å². The zero-order chi connectivity index (χ0) is 17.7. The van der Waals surface area contributed by atoms with Gasteiger partial charge in [0.05, 0.1) is 17.1 Å². The number of halogens is 1. The Labute approximate surface area is 148 Å². The van der Waals surface area contributed by atoms with Crippen LogP contribution in [0.5, 0.6) is 0 Å². The molecule has 132 valence electrons. The third-order valence-electron chi connectivity index (χ3n) is 3.66. The average molecular weight is 353 g/mol. The lowest BCUT2D eigenvalue weighted by Gasteiger charge is -2.26. The number of hydrogen-bond acceptors (Lipinski definition) is 4. The van der Waals surface area contributed by atoms with E-state index in [0.29, 0.717) is 16.4 Å². The summed E-state index contributed by atoms with van der Waals surface area (Å²) >= 11 is 6.20. The van der Waals surface area contributed by atoms with Crippen LogP contribution in [0.2, 0.25) is 5.02 Å². The molecule has 24 heavy (non-hydrogen) atoms. The molecule has 0 aliphatic carbocycles. The second kappa shape index (κ2) is 7.83. The van der Waals surface area contributed by atoms with Crippen LogP contribution in [0.25, 0.3) is 0 Å². The zero-order valence-electron chi connectivity index (χ0n) is 14.5. The van der Waals surface area contributed by atoms with Gasteiger partial charge in [-0.2, -0.15) is 0 Å². The highest BCUT2D eigenvalue weighted by Gasteiger charge is 2.20. The van der Waals surface area contributed by atoms with Crippen LogP contribution >= 0.6 is 11.6 Å². The van der Waals surface area contributed by atoms with E-state index in [4.69, 9.17) is 11.6 Å². The quantitative estimate of drug-likeness (QED) is 0.873. The second-order valence-electron chi connectivity index (χ2n) is 7.06. The number of rotatable bonds is 4. The van der Waals surface area contributed by atoms with Crippen molar-refractivity contribution in [2.75, 3.05) is 25.0 Å². The van der Waals surface area contributed by atoms with Gasteiger partial charge in [0.15, 0.2) is 0 Å². The van der Waals surface area contributed by atoms with Gasteiger partial charge in [-0.15, -0.1) is 0 Å². The molecule has 1 aliphatic heterocycles. The third-order valence-corrected chi connectivity index (χ3v) is 3.95. The number of anilines is 1. The van der Waals surface area contributed by atoms with Crippen LogP contribution in [0.4, 0.5) is 5.82 Å². The standard InChI is InChI=1S/C17H25ClN4O2/c1-17(2,3)21-14(23)11-20-15-13(18)9-12(10-19-15)16(24)22-7-5-4-6-8-22/h9-10H,4-8,11H2,1-3H3,(H,19,20)(H,21,23). The summed E-state index contributed by atoms with van der Waals surface area (Å²) in [4.78, 5) is 30.3. The molecule has 0 unspecified atom stereocenters. The Morgan fingerprint density at radius 2 is 1.92 bits per heavy atom. The Morgan fingerprint density at radius 3 is 2.50 bits per heavy atom. The molecule has 0 radical (unpaired) electrons. The molecule has 2 amide bonds. The maximum absolute atomic E-state index is 12.4. The van der Waals surface area contributed by atoms with Crippen molar-refractivity contribution in [2.24, 2.45) is 0 Å². The summed E-state index contributed by atoms with van der Waals surface area (Å²) in [6.45, 7) is 7.38. The fourth-order valence-corrected chi connectivity index (χ4v) is 2.82. The van der Waals surface area contributed by atoms with Gasteiger partial charge >= 0.3 is 0 Å². The highest BCUT2D eigenvalue weighted by Crippen LogP contribution is 2.21. The molecule has 0 bridgehead atoms. The van der Waals surface area contributed by atoms with Gasteiger partial charge in [0.25, 0.3) is 5.91 Å². The molecule has 1 aromatic heterocycles. The summed E-state index contributed by atoms with van der Waals surface area (Å²) < 4.78 is 0. The van der Waals surface area contributed by atoms with E-state index >= 15 is 0 Å². The average Bonchev–Trinajstić information content (AvgIpc) is 2.52. The van der Waals surface area contributed by atoms with Gasteiger partial charge in [-0.25, -0.2) is 4.98 Å². The number of aromatic nitrogens is 1. The molecule has 0 atom stereocenters. The summed E-state index contributed by atoms with van der Waals surface area (Å²) in [7, 11) is 0. The highest BCUT2D eigenvalue weighted by atomic mass is 35.5. The molecule has 1 saturated heterocycles. The molecule has 7 heteroatoms. The van der Waals surface area contributed by atoms with E-state index in [1.807, 2.05) is 25.7 Å². The monoisotopic (exact) mass is 352 g/mol. The number of likely N-dealkylation sites (tertiary alicyclic amines) is 1. The Balaban J connectivity index is 1.96. The van der Waals surface area contributed by atoms with Crippen LogP contribution in [0.1, 0.15) is 50.4 Å². The lowest BCUT2D eigenvalue weighted by molar-refractivity contribution is -0.120. The van der Waals surface area contributed by atoms with Gasteiger partial charge in [0, 0.05) is 24.8 Å². The van der Waals surface area contributed by atoms with Gasteiger partial charge in [0.2, 0.25) is 5.91 Å². The van der Waals surface area contributed by atoms with E-state index in [0.717, 1.165) is 25.9 Å². The van der Waals surface area contributed by atoms with Gasteiger partial charge in [-0.1, -0.05) is 11.6 Å². The first-order valence-corrected chi connectivity index (χ1v) is 8.64. The van der Waals surface area contributed by atoms with Crippen molar-refractivity contribution in [3.05, 3.63) is 22.8 Å². The largest absolute Gasteiger partial charge is 0.360 e. The minimum atomic E-state index is -0.291. The Bertz CT molecular complexity index is 607. The molecule has 1 fully saturated rings. The van der Waals surface area contributed by atoms with Gasteiger partial charge in [-0.05, 0) is 46.1 Å². The van der Waals surface area contributed by atoms with E-state index < -0.39 is 0 Å². The van der Waals surface area contributed by atoms with E-state index in [2.05, 4.69) is 15.6 Å².